The molecule has 0 radical (unpaired) electrons. The zero-order valence-electron chi connectivity index (χ0n) is 17.0. The lowest BCUT2D eigenvalue weighted by Crippen LogP contribution is -2.48. The Morgan fingerprint density at radius 2 is 1.62 bits per heavy atom. The predicted molar refractivity (Wildman–Crippen MR) is 116 cm³/mol. The number of nitrogens with one attached hydrogen (secondary N) is 2. The van der Waals surface area contributed by atoms with Crippen molar-refractivity contribution in [2.45, 2.75) is 32.4 Å². The van der Waals surface area contributed by atoms with Crippen LogP contribution in [-0.2, 0) is 11.3 Å². The fourth-order valence-corrected chi connectivity index (χ4v) is 3.58. The van der Waals surface area contributed by atoms with Gasteiger partial charge in [0.15, 0.2) is 0 Å². The maximum Gasteiger partial charge on any atom is 0.319 e. The van der Waals surface area contributed by atoms with Gasteiger partial charge in [-0.2, -0.15) is 0 Å². The molecule has 0 aliphatic carbocycles. The second kappa shape index (κ2) is 10.6. The zero-order chi connectivity index (χ0) is 20.5. The van der Waals surface area contributed by atoms with Crippen LogP contribution in [0.3, 0.4) is 0 Å². The second-order valence-electron chi connectivity index (χ2n) is 7.41. The quantitative estimate of drug-likeness (QED) is 0.757. The minimum Gasteiger partial charge on any atom is -0.338 e. The van der Waals surface area contributed by atoms with Crippen LogP contribution in [0.4, 0.5) is 10.5 Å². The molecule has 1 aliphatic rings. The summed E-state index contributed by atoms with van der Waals surface area (Å²) in [5.41, 5.74) is 1.93. The molecule has 154 valence electrons. The Morgan fingerprint density at radius 1 is 1.00 bits per heavy atom. The van der Waals surface area contributed by atoms with Crippen LogP contribution < -0.4 is 10.6 Å². The molecule has 3 rings (SSSR count). The van der Waals surface area contributed by atoms with Crippen LogP contribution in [0.15, 0.2) is 60.7 Å². The Balaban J connectivity index is 1.40. The summed E-state index contributed by atoms with van der Waals surface area (Å²) in [6, 6.07) is 19.5. The average molecular weight is 395 g/mol. The van der Waals surface area contributed by atoms with Gasteiger partial charge in [-0.15, -0.1) is 0 Å². The minimum atomic E-state index is -0.175. The number of hydrogen-bond acceptors (Lipinski definition) is 3. The number of rotatable bonds is 7. The van der Waals surface area contributed by atoms with Gasteiger partial charge in [0.1, 0.15) is 0 Å². The highest BCUT2D eigenvalue weighted by molar-refractivity contribution is 5.89. The number of carbonyl (C=O) groups is 2. The number of benzene rings is 2. The third-order valence-electron chi connectivity index (χ3n) is 5.26. The number of amides is 3. The van der Waals surface area contributed by atoms with Crippen LogP contribution in [0, 0.1) is 0 Å². The molecule has 0 saturated carbocycles. The molecular formula is C23H30N4O2. The van der Waals surface area contributed by atoms with E-state index in [0.717, 1.165) is 37.2 Å². The predicted octanol–water partition coefficient (Wildman–Crippen LogP) is 3.32. The molecule has 29 heavy (non-hydrogen) atoms. The summed E-state index contributed by atoms with van der Waals surface area (Å²) in [4.78, 5) is 28.9. The lowest BCUT2D eigenvalue weighted by atomic mass is 10.1. The van der Waals surface area contributed by atoms with Gasteiger partial charge in [-0.25, -0.2) is 4.79 Å². The SMILES string of the molecule is CCN(Cc1ccccc1)C(=O)CN1CCC(NC(=O)Nc2ccccc2)CC1. The van der Waals surface area contributed by atoms with E-state index in [2.05, 4.69) is 15.5 Å². The number of para-hydroxylation sites is 1. The molecule has 3 amide bonds. The number of urea groups is 1. The Kier molecular flexibility index (Phi) is 7.64. The van der Waals surface area contributed by atoms with E-state index in [9.17, 15) is 9.59 Å². The van der Waals surface area contributed by atoms with Gasteiger partial charge in [-0.3, -0.25) is 9.69 Å². The molecule has 0 bridgehead atoms. The van der Waals surface area contributed by atoms with Crippen molar-refractivity contribution in [3.63, 3.8) is 0 Å². The van der Waals surface area contributed by atoms with Crippen LogP contribution in [0.1, 0.15) is 25.3 Å². The maximum atomic E-state index is 12.7. The van der Waals surface area contributed by atoms with Crippen LogP contribution >= 0.6 is 0 Å². The number of likely N-dealkylation sites (tertiary alicyclic amines) is 1. The Labute approximate surface area is 172 Å². The van der Waals surface area contributed by atoms with Crippen molar-refractivity contribution < 1.29 is 9.59 Å². The first-order chi connectivity index (χ1) is 14.1. The Bertz CT molecular complexity index is 774. The van der Waals surface area contributed by atoms with Gasteiger partial charge in [-0.1, -0.05) is 48.5 Å². The maximum absolute atomic E-state index is 12.7. The number of nitrogens with zero attached hydrogens (tertiary/aromatic N) is 2. The first-order valence-electron chi connectivity index (χ1n) is 10.3. The highest BCUT2D eigenvalue weighted by atomic mass is 16.2. The van der Waals surface area contributed by atoms with Crippen LogP contribution in [0.5, 0.6) is 0 Å². The van der Waals surface area contributed by atoms with Gasteiger partial charge < -0.3 is 15.5 Å². The van der Waals surface area contributed by atoms with Crippen LogP contribution in [0.2, 0.25) is 0 Å². The Morgan fingerprint density at radius 3 is 2.24 bits per heavy atom. The molecule has 2 N–H and O–H groups in total. The first-order valence-corrected chi connectivity index (χ1v) is 10.3. The van der Waals surface area contributed by atoms with Gasteiger partial charge in [0.25, 0.3) is 0 Å². The fraction of sp³-hybridized carbons (Fsp3) is 0.391. The summed E-state index contributed by atoms with van der Waals surface area (Å²) in [5, 5.41) is 5.89. The summed E-state index contributed by atoms with van der Waals surface area (Å²) in [7, 11) is 0. The molecule has 1 aliphatic heterocycles. The summed E-state index contributed by atoms with van der Waals surface area (Å²) < 4.78 is 0. The van der Waals surface area contributed by atoms with Crippen LogP contribution in [0.25, 0.3) is 0 Å². The van der Waals surface area contributed by atoms with Crippen molar-refractivity contribution in [1.82, 2.24) is 15.1 Å². The second-order valence-corrected chi connectivity index (χ2v) is 7.41. The van der Waals surface area contributed by atoms with E-state index >= 15 is 0 Å². The van der Waals surface area contributed by atoms with E-state index in [4.69, 9.17) is 0 Å². The largest absolute Gasteiger partial charge is 0.338 e. The van der Waals surface area contributed by atoms with Crippen molar-refractivity contribution in [3.05, 3.63) is 66.2 Å². The Hall–Kier alpha value is -2.86. The van der Waals surface area contributed by atoms with E-state index < -0.39 is 0 Å². The van der Waals surface area contributed by atoms with Crippen molar-refractivity contribution in [2.75, 3.05) is 31.5 Å². The van der Waals surface area contributed by atoms with Crippen molar-refractivity contribution in [3.8, 4) is 0 Å². The molecule has 0 atom stereocenters. The molecule has 0 unspecified atom stereocenters. The molecule has 6 heteroatoms. The smallest absolute Gasteiger partial charge is 0.319 e. The first kappa shape index (κ1) is 20.9. The number of piperidine rings is 1. The van der Waals surface area contributed by atoms with Gasteiger partial charge >= 0.3 is 6.03 Å². The normalized spacial score (nSPS) is 14.9. The van der Waals surface area contributed by atoms with Gasteiger partial charge in [0.2, 0.25) is 5.91 Å². The van der Waals surface area contributed by atoms with Crippen molar-refractivity contribution in [2.24, 2.45) is 0 Å². The topological polar surface area (TPSA) is 64.7 Å². The third-order valence-corrected chi connectivity index (χ3v) is 5.26. The minimum absolute atomic E-state index is 0.136. The fourth-order valence-electron chi connectivity index (χ4n) is 3.58. The number of carbonyl (C=O) groups excluding carboxylic acids is 2. The van der Waals surface area contributed by atoms with Crippen molar-refractivity contribution >= 4 is 17.6 Å². The van der Waals surface area contributed by atoms with Crippen molar-refractivity contribution in [1.29, 1.82) is 0 Å². The number of anilines is 1. The summed E-state index contributed by atoms with van der Waals surface area (Å²) in [6.45, 7) is 5.42. The molecule has 1 heterocycles. The van der Waals surface area contributed by atoms with E-state index in [0.29, 0.717) is 19.6 Å². The molecule has 1 fully saturated rings. The number of likely N-dealkylation sites (N-methyl/N-ethyl adjacent to an activating group) is 1. The lowest BCUT2D eigenvalue weighted by Gasteiger charge is -2.33. The monoisotopic (exact) mass is 394 g/mol. The van der Waals surface area contributed by atoms with Crippen LogP contribution in [-0.4, -0.2) is 54.0 Å². The summed E-state index contributed by atoms with van der Waals surface area (Å²) in [6.07, 6.45) is 1.70. The molecule has 1 saturated heterocycles. The summed E-state index contributed by atoms with van der Waals surface area (Å²) >= 11 is 0. The van der Waals surface area contributed by atoms with Gasteiger partial charge in [0.05, 0.1) is 6.54 Å². The van der Waals surface area contributed by atoms with E-state index in [1.165, 1.54) is 0 Å². The van der Waals surface area contributed by atoms with E-state index in [1.54, 1.807) is 0 Å². The molecule has 0 spiro atoms. The van der Waals surface area contributed by atoms with E-state index in [1.807, 2.05) is 72.5 Å². The lowest BCUT2D eigenvalue weighted by molar-refractivity contribution is -0.133. The summed E-state index contributed by atoms with van der Waals surface area (Å²) in [5.74, 6) is 0.157. The van der Waals surface area contributed by atoms with E-state index in [-0.39, 0.29) is 18.0 Å². The van der Waals surface area contributed by atoms with Gasteiger partial charge in [0, 0.05) is 37.9 Å². The molecule has 2 aromatic carbocycles. The molecule has 0 aromatic heterocycles. The highest BCUT2D eigenvalue weighted by Gasteiger charge is 2.23. The number of hydrogen-bond donors (Lipinski definition) is 2. The zero-order valence-corrected chi connectivity index (χ0v) is 17.0. The molecule has 6 nitrogen and oxygen atoms in total. The standard InChI is InChI=1S/C23H30N4O2/c1-2-27(17-19-9-5-3-6-10-19)22(28)18-26-15-13-21(14-16-26)25-23(29)24-20-11-7-4-8-12-20/h3-12,21H,2,13-18H2,1H3,(H2,24,25,29). The van der Waals surface area contributed by atoms with Gasteiger partial charge in [-0.05, 0) is 37.5 Å². The average Bonchev–Trinajstić information content (AvgIpc) is 2.74. The highest BCUT2D eigenvalue weighted by Crippen LogP contribution is 2.12. The molecule has 2 aromatic rings. The third kappa shape index (κ3) is 6.61. The molecular weight excluding hydrogens is 364 g/mol.